The van der Waals surface area contributed by atoms with Crippen LogP contribution in [-0.4, -0.2) is 46.0 Å². The van der Waals surface area contributed by atoms with Gasteiger partial charge >= 0.3 is 12.1 Å². The summed E-state index contributed by atoms with van der Waals surface area (Å²) in [6.07, 6.45) is 1.42. The highest BCUT2D eigenvalue weighted by atomic mass is 16.5. The number of aryl methyl sites for hydroxylation is 1. The van der Waals surface area contributed by atoms with Gasteiger partial charge in [-0.05, 0) is 34.6 Å². The second-order valence-electron chi connectivity index (χ2n) is 8.96. The molecule has 35 heavy (non-hydrogen) atoms. The third-order valence-corrected chi connectivity index (χ3v) is 6.83. The molecular weight excluding hydrogens is 448 g/mol. The minimum atomic E-state index is -1.08. The van der Waals surface area contributed by atoms with Crippen molar-refractivity contribution < 1.29 is 24.2 Å². The number of carbonyl (C=O) groups excluding carboxylic acids is 2. The summed E-state index contributed by atoms with van der Waals surface area (Å²) in [4.78, 5) is 36.1. The van der Waals surface area contributed by atoms with Gasteiger partial charge in [0.15, 0.2) is 0 Å². The van der Waals surface area contributed by atoms with Crippen LogP contribution < -0.4 is 10.6 Å². The van der Waals surface area contributed by atoms with E-state index >= 15 is 0 Å². The number of aromatic nitrogens is 2. The number of ether oxygens (including phenoxy) is 1. The van der Waals surface area contributed by atoms with Crippen LogP contribution in [0.1, 0.15) is 39.5 Å². The highest BCUT2D eigenvalue weighted by Crippen LogP contribution is 2.44. The summed E-state index contributed by atoms with van der Waals surface area (Å²) in [6, 6.07) is 16.3. The first kappa shape index (κ1) is 22.6. The average Bonchev–Trinajstić information content (AvgIpc) is 3.45. The first-order chi connectivity index (χ1) is 16.9. The third kappa shape index (κ3) is 4.49. The van der Waals surface area contributed by atoms with E-state index in [1.807, 2.05) is 24.3 Å². The van der Waals surface area contributed by atoms with Crippen molar-refractivity contribution in [3.8, 4) is 11.1 Å². The zero-order valence-corrected chi connectivity index (χ0v) is 19.2. The highest BCUT2D eigenvalue weighted by Gasteiger charge is 2.43. The van der Waals surface area contributed by atoms with E-state index in [0.29, 0.717) is 18.7 Å². The number of carboxylic acid groups (broad SMARTS) is 1. The highest BCUT2D eigenvalue weighted by molar-refractivity contribution is 5.89. The fraction of sp³-hybridized carbons (Fsp3) is 0.308. The van der Waals surface area contributed by atoms with Crippen LogP contribution >= 0.6 is 0 Å². The van der Waals surface area contributed by atoms with Crippen LogP contribution in [0.5, 0.6) is 0 Å². The van der Waals surface area contributed by atoms with Crippen LogP contribution in [0.15, 0.2) is 54.7 Å². The summed E-state index contributed by atoms with van der Waals surface area (Å²) >= 11 is 0. The Hall–Kier alpha value is -4.14. The van der Waals surface area contributed by atoms with Crippen molar-refractivity contribution in [1.29, 1.82) is 0 Å². The molecule has 3 N–H and O–H groups in total. The molecule has 2 amide bonds. The van der Waals surface area contributed by atoms with Crippen LogP contribution in [0.2, 0.25) is 0 Å². The number of carboxylic acids is 1. The lowest BCUT2D eigenvalue weighted by molar-refractivity contribution is -0.122. The molecule has 2 aromatic carbocycles. The molecule has 0 bridgehead atoms. The summed E-state index contributed by atoms with van der Waals surface area (Å²) in [5, 5.41) is 18.7. The van der Waals surface area contributed by atoms with E-state index in [2.05, 4.69) is 40.0 Å². The number of nitrogens with zero attached hydrogens (tertiary/aromatic N) is 2. The maximum absolute atomic E-state index is 12.4. The van der Waals surface area contributed by atoms with E-state index in [-0.39, 0.29) is 42.4 Å². The molecule has 2 atom stereocenters. The smallest absolute Gasteiger partial charge is 0.407 e. The predicted molar refractivity (Wildman–Crippen MR) is 127 cm³/mol. The molecule has 9 nitrogen and oxygen atoms in total. The molecule has 0 radical (unpaired) electrons. The molecule has 1 saturated carbocycles. The second-order valence-corrected chi connectivity index (χ2v) is 8.96. The largest absolute Gasteiger partial charge is 0.478 e. The summed E-state index contributed by atoms with van der Waals surface area (Å²) in [5.41, 5.74) is 5.15. The number of hydrogen-bond donors (Lipinski definition) is 3. The van der Waals surface area contributed by atoms with E-state index in [1.165, 1.54) is 22.0 Å². The maximum Gasteiger partial charge on any atom is 0.407 e. The Morgan fingerprint density at radius 2 is 1.71 bits per heavy atom. The van der Waals surface area contributed by atoms with Gasteiger partial charge in [-0.25, -0.2) is 9.59 Å². The number of rotatable bonds is 8. The van der Waals surface area contributed by atoms with Gasteiger partial charge in [0, 0.05) is 25.4 Å². The number of benzene rings is 2. The molecule has 0 saturated heterocycles. The van der Waals surface area contributed by atoms with Crippen molar-refractivity contribution in [1.82, 2.24) is 20.4 Å². The van der Waals surface area contributed by atoms with Gasteiger partial charge in [-0.3, -0.25) is 9.48 Å². The first-order valence-corrected chi connectivity index (χ1v) is 11.5. The quantitative estimate of drug-likeness (QED) is 0.461. The van der Waals surface area contributed by atoms with E-state index in [1.54, 1.807) is 7.05 Å². The number of fused-ring (bicyclic) bond motifs is 3. The summed E-state index contributed by atoms with van der Waals surface area (Å²) < 4.78 is 6.98. The molecule has 3 aromatic rings. The van der Waals surface area contributed by atoms with Crippen molar-refractivity contribution >= 4 is 18.0 Å². The lowest BCUT2D eigenvalue weighted by atomic mass is 9.98. The van der Waals surface area contributed by atoms with Crippen LogP contribution in [0.4, 0.5) is 4.79 Å². The molecule has 180 valence electrons. The van der Waals surface area contributed by atoms with Gasteiger partial charge in [0.05, 0.1) is 18.4 Å². The van der Waals surface area contributed by atoms with Crippen molar-refractivity contribution in [2.75, 3.05) is 13.2 Å². The number of amides is 2. The van der Waals surface area contributed by atoms with Gasteiger partial charge in [0.25, 0.3) is 0 Å². The monoisotopic (exact) mass is 474 g/mol. The second kappa shape index (κ2) is 9.25. The SMILES string of the molecule is Cn1ncc(C(=O)O)c1CNC(=O)C1CC1CNC(=O)OCC1c2ccccc2-c2ccccc21. The Bertz CT molecular complexity index is 1250. The number of carbonyl (C=O) groups is 3. The van der Waals surface area contributed by atoms with E-state index < -0.39 is 12.1 Å². The molecule has 5 rings (SSSR count). The third-order valence-electron chi connectivity index (χ3n) is 6.83. The van der Waals surface area contributed by atoms with Gasteiger partial charge < -0.3 is 20.5 Å². The maximum atomic E-state index is 12.4. The molecule has 2 unspecified atom stereocenters. The average molecular weight is 475 g/mol. The van der Waals surface area contributed by atoms with E-state index in [0.717, 1.165) is 11.1 Å². The minimum Gasteiger partial charge on any atom is -0.478 e. The Balaban J connectivity index is 1.08. The number of alkyl carbamates (subject to hydrolysis) is 1. The summed E-state index contributed by atoms with van der Waals surface area (Å²) in [7, 11) is 1.63. The Morgan fingerprint density at radius 1 is 1.06 bits per heavy atom. The zero-order chi connectivity index (χ0) is 24.5. The fourth-order valence-electron chi connectivity index (χ4n) is 4.81. The normalized spacial score (nSPS) is 17.9. The number of hydrogen-bond acceptors (Lipinski definition) is 5. The molecule has 9 heteroatoms. The van der Waals surface area contributed by atoms with Crippen molar-refractivity contribution in [3.05, 3.63) is 77.1 Å². The Kier molecular flexibility index (Phi) is 5.98. The van der Waals surface area contributed by atoms with Crippen LogP contribution in [0, 0.1) is 11.8 Å². The Labute approximate surface area is 202 Å². The predicted octanol–water partition coefficient (Wildman–Crippen LogP) is 2.91. The molecule has 2 aliphatic carbocycles. The van der Waals surface area contributed by atoms with Crippen LogP contribution in [0.25, 0.3) is 11.1 Å². The van der Waals surface area contributed by atoms with Gasteiger partial charge in [-0.1, -0.05) is 48.5 Å². The summed E-state index contributed by atoms with van der Waals surface area (Å²) in [6.45, 7) is 0.673. The lowest BCUT2D eigenvalue weighted by Gasteiger charge is -2.14. The zero-order valence-electron chi connectivity index (χ0n) is 19.2. The molecule has 1 heterocycles. The van der Waals surface area contributed by atoms with Gasteiger partial charge in [0.1, 0.15) is 12.2 Å². The Morgan fingerprint density at radius 3 is 2.37 bits per heavy atom. The topological polar surface area (TPSA) is 123 Å². The number of aromatic carboxylic acids is 1. The first-order valence-electron chi connectivity index (χ1n) is 11.5. The molecule has 1 aromatic heterocycles. The van der Waals surface area contributed by atoms with Crippen LogP contribution in [-0.2, 0) is 23.1 Å². The van der Waals surface area contributed by atoms with Crippen molar-refractivity contribution in [2.45, 2.75) is 18.9 Å². The summed E-state index contributed by atoms with van der Waals surface area (Å²) in [5.74, 6) is -1.44. The van der Waals surface area contributed by atoms with Crippen LogP contribution in [0.3, 0.4) is 0 Å². The molecule has 0 spiro atoms. The molecule has 1 fully saturated rings. The van der Waals surface area contributed by atoms with Gasteiger partial charge in [-0.15, -0.1) is 0 Å². The molecular formula is C26H26N4O5. The van der Waals surface area contributed by atoms with Crippen molar-refractivity contribution in [3.63, 3.8) is 0 Å². The fourth-order valence-corrected chi connectivity index (χ4v) is 4.81. The van der Waals surface area contributed by atoms with E-state index in [9.17, 15) is 19.5 Å². The minimum absolute atomic E-state index is 0.00435. The molecule has 0 aliphatic heterocycles. The molecule has 2 aliphatic rings. The van der Waals surface area contributed by atoms with E-state index in [4.69, 9.17) is 4.74 Å². The van der Waals surface area contributed by atoms with Gasteiger partial charge in [0.2, 0.25) is 5.91 Å². The standard InChI is InChI=1S/C26H26N4O5/c1-30-23(21(12-29-30)25(32)33)13-27-24(31)20-10-15(20)11-28-26(34)35-14-22-18-8-4-2-6-16(18)17-7-3-5-9-19(17)22/h2-9,12,15,20,22H,10-11,13-14H2,1H3,(H,27,31)(H,28,34)(H,32,33). The van der Waals surface area contributed by atoms with Gasteiger partial charge in [-0.2, -0.15) is 5.10 Å². The number of nitrogens with one attached hydrogen (secondary N) is 2. The lowest BCUT2D eigenvalue weighted by Crippen LogP contribution is -2.31. The van der Waals surface area contributed by atoms with Crippen molar-refractivity contribution in [2.24, 2.45) is 18.9 Å².